The van der Waals surface area contributed by atoms with E-state index in [0.717, 1.165) is 6.92 Å². The van der Waals surface area contributed by atoms with Gasteiger partial charge >= 0.3 is 18.4 Å². The second kappa shape index (κ2) is 12.0. The van der Waals surface area contributed by atoms with E-state index in [4.69, 9.17) is 0 Å². The quantitative estimate of drug-likeness (QED) is 0.173. The molecule has 0 unspecified atom stereocenters. The minimum atomic E-state index is -5.56. The molecule has 46 heavy (non-hydrogen) atoms. The molecule has 0 radical (unpaired) electrons. The van der Waals surface area contributed by atoms with Gasteiger partial charge in [0.05, 0.1) is 0 Å². The fraction of sp³-hybridized carbons (Fsp3) is 0.172. The van der Waals surface area contributed by atoms with Gasteiger partial charge in [-0.05, 0) is 48.7 Å². The van der Waals surface area contributed by atoms with Crippen molar-refractivity contribution in [1.29, 1.82) is 0 Å². The second-order valence-electron chi connectivity index (χ2n) is 9.55. The Labute approximate surface area is 247 Å². The van der Waals surface area contributed by atoms with Crippen molar-refractivity contribution in [1.82, 2.24) is 0 Å². The van der Waals surface area contributed by atoms with Gasteiger partial charge < -0.3 is 9.47 Å². The number of benzene rings is 4. The van der Waals surface area contributed by atoms with E-state index < -0.39 is 116 Å². The van der Waals surface area contributed by atoms with Crippen molar-refractivity contribution in [2.45, 2.75) is 31.7 Å². The van der Waals surface area contributed by atoms with Gasteiger partial charge in [-0.25, -0.2) is 35.1 Å². The molecule has 0 saturated carbocycles. The van der Waals surface area contributed by atoms with E-state index in [1.807, 2.05) is 0 Å². The molecule has 0 amide bonds. The Morgan fingerprint density at radius 1 is 0.435 bits per heavy atom. The van der Waals surface area contributed by atoms with Gasteiger partial charge in [-0.2, -0.15) is 30.7 Å². The molecule has 17 heteroatoms. The summed E-state index contributed by atoms with van der Waals surface area (Å²) in [6.07, 6.45) is -16.4. The Bertz CT molecular complexity index is 1720. The molecule has 246 valence electrons. The molecule has 0 heterocycles. The van der Waals surface area contributed by atoms with Crippen molar-refractivity contribution >= 4 is 0 Å². The molecule has 0 atom stereocenters. The molecule has 2 nitrogen and oxygen atoms in total. The minimum absolute atomic E-state index is 0.200. The highest BCUT2D eigenvalue weighted by atomic mass is 19.4. The smallest absolute Gasteiger partial charge is 0.429 e. The Morgan fingerprint density at radius 3 is 1.02 bits per heavy atom. The predicted octanol–water partition coefficient (Wildman–Crippen LogP) is 9.97. The standard InChI is InChI=1S/C29H13F15O2/c1-11-16(30)7-14(8-17(11)31)45-28(41,42)25-18(32)3-12(4-19(25)33)2-13-5-20(34)26(21(35)6-13)29(43,44)46-15-9-22(36)24(23(37)10-15)27(38,39)40/h3-10H,2H2,1H3. The maximum absolute atomic E-state index is 14.6. The third-order valence-electron chi connectivity index (χ3n) is 6.24. The third kappa shape index (κ3) is 6.97. The first kappa shape index (κ1) is 34.3. The Morgan fingerprint density at radius 2 is 0.717 bits per heavy atom. The molecule has 4 rings (SSSR count). The zero-order valence-corrected chi connectivity index (χ0v) is 22.3. The van der Waals surface area contributed by atoms with Gasteiger partial charge in [-0.1, -0.05) is 0 Å². The zero-order chi connectivity index (χ0) is 34.5. The van der Waals surface area contributed by atoms with Gasteiger partial charge in [0.15, 0.2) is 0 Å². The third-order valence-corrected chi connectivity index (χ3v) is 6.24. The largest absolute Gasteiger partial charge is 0.432 e. The predicted molar refractivity (Wildman–Crippen MR) is 127 cm³/mol. The fourth-order valence-corrected chi connectivity index (χ4v) is 4.21. The van der Waals surface area contributed by atoms with Crippen LogP contribution in [0.15, 0.2) is 48.5 Å². The van der Waals surface area contributed by atoms with Gasteiger partial charge in [-0.15, -0.1) is 0 Å². The van der Waals surface area contributed by atoms with Crippen LogP contribution in [0.4, 0.5) is 65.9 Å². The van der Waals surface area contributed by atoms with E-state index >= 15 is 0 Å². The maximum atomic E-state index is 14.6. The second-order valence-corrected chi connectivity index (χ2v) is 9.55. The highest BCUT2D eigenvalue weighted by molar-refractivity contribution is 5.38. The lowest BCUT2D eigenvalue weighted by molar-refractivity contribution is -0.190. The van der Waals surface area contributed by atoms with Crippen LogP contribution in [0.3, 0.4) is 0 Å². The summed E-state index contributed by atoms with van der Waals surface area (Å²) in [6, 6.07) is 0.987. The normalized spacial score (nSPS) is 12.4. The van der Waals surface area contributed by atoms with Crippen LogP contribution >= 0.6 is 0 Å². The number of rotatable bonds is 8. The lowest BCUT2D eigenvalue weighted by atomic mass is 10.00. The minimum Gasteiger partial charge on any atom is -0.429 e. The van der Waals surface area contributed by atoms with Crippen LogP contribution in [0.5, 0.6) is 11.5 Å². The average Bonchev–Trinajstić information content (AvgIpc) is 2.84. The lowest BCUT2D eigenvalue weighted by Gasteiger charge is -2.21. The first-order valence-corrected chi connectivity index (χ1v) is 12.2. The van der Waals surface area contributed by atoms with Gasteiger partial charge in [0.25, 0.3) is 0 Å². The van der Waals surface area contributed by atoms with Crippen molar-refractivity contribution in [3.8, 4) is 11.5 Å². The van der Waals surface area contributed by atoms with E-state index in [1.165, 1.54) is 0 Å². The van der Waals surface area contributed by atoms with Crippen LogP contribution in [0.2, 0.25) is 0 Å². The van der Waals surface area contributed by atoms with Crippen molar-refractivity contribution in [2.75, 3.05) is 0 Å². The fourth-order valence-electron chi connectivity index (χ4n) is 4.21. The number of ether oxygens (including phenoxy) is 2. The summed E-state index contributed by atoms with van der Waals surface area (Å²) in [5.74, 6) is -18.2. The van der Waals surface area contributed by atoms with Gasteiger partial charge in [-0.3, -0.25) is 0 Å². The van der Waals surface area contributed by atoms with E-state index in [-0.39, 0.29) is 36.4 Å². The molecule has 0 fully saturated rings. The first-order chi connectivity index (χ1) is 21.1. The molecule has 4 aromatic carbocycles. The van der Waals surface area contributed by atoms with Gasteiger partial charge in [0.2, 0.25) is 0 Å². The highest BCUT2D eigenvalue weighted by Crippen LogP contribution is 2.40. The molecule has 0 aliphatic carbocycles. The number of alkyl halides is 7. The SMILES string of the molecule is Cc1c(F)cc(OC(F)(F)c2c(F)cc(Cc3cc(F)c(C(F)(F)Oc4cc(F)c(C(F)(F)F)c(F)c4)c(F)c3)cc2F)cc1F. The first-order valence-electron chi connectivity index (χ1n) is 12.2. The van der Waals surface area contributed by atoms with Gasteiger partial charge in [0, 0.05) is 29.8 Å². The molecule has 0 aromatic heterocycles. The molecule has 0 aliphatic heterocycles. The van der Waals surface area contributed by atoms with Crippen molar-refractivity contribution in [3.05, 3.63) is 128 Å². The topological polar surface area (TPSA) is 18.5 Å². The summed E-state index contributed by atoms with van der Waals surface area (Å²) in [5.41, 5.74) is -8.38. The van der Waals surface area contributed by atoms with Gasteiger partial charge in [0.1, 0.15) is 74.7 Å². The summed E-state index contributed by atoms with van der Waals surface area (Å²) in [5, 5.41) is 0. The van der Waals surface area contributed by atoms with E-state index in [1.54, 1.807) is 0 Å². The number of hydrogen-bond donors (Lipinski definition) is 0. The number of halogens is 15. The molecular formula is C29H13F15O2. The zero-order valence-electron chi connectivity index (χ0n) is 22.3. The summed E-state index contributed by atoms with van der Waals surface area (Å²) in [6.45, 7) is 0.975. The van der Waals surface area contributed by atoms with E-state index in [0.29, 0.717) is 12.1 Å². The molecule has 0 bridgehead atoms. The number of hydrogen-bond acceptors (Lipinski definition) is 2. The summed E-state index contributed by atoms with van der Waals surface area (Å²) in [4.78, 5) is 0. The summed E-state index contributed by atoms with van der Waals surface area (Å²) >= 11 is 0. The van der Waals surface area contributed by atoms with Crippen molar-refractivity contribution < 1.29 is 75.3 Å². The van der Waals surface area contributed by atoms with Crippen molar-refractivity contribution in [3.63, 3.8) is 0 Å². The maximum Gasteiger partial charge on any atom is 0.432 e. The summed E-state index contributed by atoms with van der Waals surface area (Å²) < 4.78 is 218. The van der Waals surface area contributed by atoms with Crippen LogP contribution in [0.1, 0.15) is 33.4 Å². The summed E-state index contributed by atoms with van der Waals surface area (Å²) in [7, 11) is 0. The van der Waals surface area contributed by atoms with Crippen LogP contribution in [-0.4, -0.2) is 0 Å². The van der Waals surface area contributed by atoms with Crippen LogP contribution in [0, 0.1) is 53.5 Å². The van der Waals surface area contributed by atoms with E-state index in [9.17, 15) is 65.9 Å². The van der Waals surface area contributed by atoms with E-state index in [2.05, 4.69) is 9.47 Å². The molecule has 0 N–H and O–H groups in total. The average molecular weight is 678 g/mol. The molecule has 0 saturated heterocycles. The van der Waals surface area contributed by atoms with Crippen molar-refractivity contribution in [2.24, 2.45) is 0 Å². The van der Waals surface area contributed by atoms with Crippen LogP contribution in [0.25, 0.3) is 0 Å². The van der Waals surface area contributed by atoms with Crippen LogP contribution in [-0.2, 0) is 24.8 Å². The Balaban J connectivity index is 1.59. The molecule has 0 aliphatic rings. The molecular weight excluding hydrogens is 665 g/mol. The lowest BCUT2D eigenvalue weighted by Crippen LogP contribution is -2.26. The molecule has 4 aromatic rings. The van der Waals surface area contributed by atoms with Crippen LogP contribution < -0.4 is 9.47 Å². The highest BCUT2D eigenvalue weighted by Gasteiger charge is 2.44. The monoisotopic (exact) mass is 678 g/mol. The Hall–Kier alpha value is -4.57. The Kier molecular flexibility index (Phi) is 8.94. The molecule has 0 spiro atoms.